The molecule has 2 N–H and O–H groups in total. The van der Waals surface area contributed by atoms with Crippen LogP contribution in [0.15, 0.2) is 60.7 Å². The van der Waals surface area contributed by atoms with E-state index in [0.29, 0.717) is 17.8 Å². The topological polar surface area (TPSA) is 199 Å². The Morgan fingerprint density at radius 1 is 0.829 bits per heavy atom. The zero-order valence-electron chi connectivity index (χ0n) is 17.9. The molecule has 0 fully saturated rings. The zero-order valence-corrected chi connectivity index (χ0v) is 18.7. The van der Waals surface area contributed by atoms with E-state index in [1.165, 1.54) is 29.3 Å². The lowest BCUT2D eigenvalue weighted by Crippen LogP contribution is -2.25. The van der Waals surface area contributed by atoms with Crippen LogP contribution < -0.4 is 10.4 Å². The fourth-order valence-corrected chi connectivity index (χ4v) is 3.75. The Labute approximate surface area is 197 Å². The SMILES string of the molecule is Cc1ccc(N(Nc2c([N+](=O)[O-])cc([N+](=O)[O-])cc2[N+](=O)[O-])c2ccc(CS(=O)(=O)O)cc2)cc1. The summed E-state index contributed by atoms with van der Waals surface area (Å²) >= 11 is 0. The Bertz CT molecular complexity index is 1370. The first-order valence-corrected chi connectivity index (χ1v) is 11.3. The van der Waals surface area contributed by atoms with Crippen molar-refractivity contribution < 1.29 is 27.7 Å². The molecule has 0 aliphatic carbocycles. The molecule has 182 valence electrons. The van der Waals surface area contributed by atoms with Crippen LogP contribution in [-0.2, 0) is 15.9 Å². The second-order valence-electron chi connectivity index (χ2n) is 7.31. The molecule has 0 aromatic heterocycles. The molecule has 0 saturated carbocycles. The molecule has 0 bridgehead atoms. The van der Waals surface area contributed by atoms with Gasteiger partial charge in [0, 0.05) is 0 Å². The maximum absolute atomic E-state index is 11.7. The summed E-state index contributed by atoms with van der Waals surface area (Å²) in [6.45, 7) is 1.82. The number of non-ortho nitro benzene ring substituents is 1. The summed E-state index contributed by atoms with van der Waals surface area (Å²) in [7, 11) is -4.29. The first-order valence-electron chi connectivity index (χ1n) is 9.64. The number of nitrogens with zero attached hydrogens (tertiary/aromatic N) is 4. The van der Waals surface area contributed by atoms with Crippen molar-refractivity contribution in [2.24, 2.45) is 0 Å². The number of nitro groups is 3. The second kappa shape index (κ2) is 9.70. The minimum Gasteiger partial charge on any atom is -0.285 e. The lowest BCUT2D eigenvalue weighted by atomic mass is 10.2. The largest absolute Gasteiger partial charge is 0.308 e. The van der Waals surface area contributed by atoms with Crippen LogP contribution in [0.1, 0.15) is 11.1 Å². The van der Waals surface area contributed by atoms with Crippen LogP contribution in [-0.4, -0.2) is 27.7 Å². The van der Waals surface area contributed by atoms with Gasteiger partial charge in [-0.2, -0.15) is 8.42 Å². The van der Waals surface area contributed by atoms with Gasteiger partial charge in [0.25, 0.3) is 15.8 Å². The molecular formula is C20H17N5O9S. The van der Waals surface area contributed by atoms with Crippen LogP contribution >= 0.6 is 0 Å². The molecule has 0 unspecified atom stereocenters. The van der Waals surface area contributed by atoms with Gasteiger partial charge in [-0.05, 0) is 36.8 Å². The minimum absolute atomic E-state index is 0.243. The molecule has 0 saturated heterocycles. The summed E-state index contributed by atoms with van der Waals surface area (Å²) in [6, 6.07) is 13.5. The van der Waals surface area contributed by atoms with Crippen molar-refractivity contribution in [3.05, 3.63) is 102 Å². The van der Waals surface area contributed by atoms with Crippen molar-refractivity contribution in [1.29, 1.82) is 0 Å². The molecule has 14 nitrogen and oxygen atoms in total. The van der Waals surface area contributed by atoms with Crippen molar-refractivity contribution >= 4 is 44.2 Å². The maximum atomic E-state index is 11.7. The van der Waals surface area contributed by atoms with Gasteiger partial charge in [0.2, 0.25) is 5.69 Å². The molecule has 0 aliphatic heterocycles. The van der Waals surface area contributed by atoms with Crippen molar-refractivity contribution in [3.8, 4) is 0 Å². The molecule has 3 aromatic rings. The fraction of sp³-hybridized carbons (Fsp3) is 0.100. The molecule has 0 heterocycles. The summed E-state index contributed by atoms with van der Waals surface area (Å²) in [4.78, 5) is 31.6. The van der Waals surface area contributed by atoms with E-state index in [-0.39, 0.29) is 11.3 Å². The monoisotopic (exact) mass is 503 g/mol. The Kier molecular flexibility index (Phi) is 6.93. The minimum atomic E-state index is -4.29. The molecular weight excluding hydrogens is 486 g/mol. The molecule has 0 amide bonds. The highest BCUT2D eigenvalue weighted by molar-refractivity contribution is 7.85. The number of nitrogens with one attached hydrogen (secondary N) is 1. The van der Waals surface area contributed by atoms with E-state index >= 15 is 0 Å². The fourth-order valence-electron chi connectivity index (χ4n) is 3.14. The Balaban J connectivity index is 2.17. The van der Waals surface area contributed by atoms with Gasteiger partial charge in [-0.25, -0.2) is 0 Å². The van der Waals surface area contributed by atoms with E-state index < -0.39 is 53.4 Å². The smallest absolute Gasteiger partial charge is 0.285 e. The van der Waals surface area contributed by atoms with Crippen LogP contribution in [0, 0.1) is 37.3 Å². The van der Waals surface area contributed by atoms with E-state index in [9.17, 15) is 38.8 Å². The Morgan fingerprint density at radius 3 is 1.69 bits per heavy atom. The van der Waals surface area contributed by atoms with Crippen molar-refractivity contribution in [2.75, 3.05) is 10.4 Å². The number of aryl methyl sites for hydroxylation is 1. The third-order valence-electron chi connectivity index (χ3n) is 4.75. The third kappa shape index (κ3) is 6.04. The predicted octanol–water partition coefficient (Wildman–Crippen LogP) is 4.27. The number of hydrazine groups is 1. The van der Waals surface area contributed by atoms with E-state index in [0.717, 1.165) is 5.56 Å². The molecule has 15 heteroatoms. The lowest BCUT2D eigenvalue weighted by molar-refractivity contribution is -0.401. The van der Waals surface area contributed by atoms with Gasteiger partial charge in [0.15, 0.2) is 0 Å². The number of rotatable bonds is 9. The van der Waals surface area contributed by atoms with E-state index in [4.69, 9.17) is 4.55 Å². The van der Waals surface area contributed by atoms with E-state index in [1.54, 1.807) is 24.3 Å². The molecule has 3 aromatic carbocycles. The molecule has 0 aliphatic rings. The lowest BCUT2D eigenvalue weighted by Gasteiger charge is -2.26. The molecule has 0 atom stereocenters. The average Bonchev–Trinajstić information content (AvgIpc) is 2.77. The van der Waals surface area contributed by atoms with Gasteiger partial charge in [0.05, 0.1) is 38.3 Å². The van der Waals surface area contributed by atoms with Crippen LogP contribution in [0.25, 0.3) is 0 Å². The zero-order chi connectivity index (χ0) is 25.9. The van der Waals surface area contributed by atoms with Gasteiger partial charge < -0.3 is 0 Å². The summed E-state index contributed by atoms with van der Waals surface area (Å²) in [6.07, 6.45) is 0. The van der Waals surface area contributed by atoms with Crippen molar-refractivity contribution in [1.82, 2.24) is 0 Å². The van der Waals surface area contributed by atoms with Gasteiger partial charge in [-0.1, -0.05) is 29.8 Å². The van der Waals surface area contributed by atoms with E-state index in [2.05, 4.69) is 5.43 Å². The molecule has 3 rings (SSSR count). The highest BCUT2D eigenvalue weighted by Crippen LogP contribution is 2.40. The second-order valence-corrected chi connectivity index (χ2v) is 8.76. The van der Waals surface area contributed by atoms with Crippen LogP contribution in [0.4, 0.5) is 34.1 Å². The van der Waals surface area contributed by atoms with Gasteiger partial charge in [0.1, 0.15) is 5.75 Å². The third-order valence-corrected chi connectivity index (χ3v) is 5.44. The summed E-state index contributed by atoms with van der Waals surface area (Å²) in [5.41, 5.74) is 1.20. The van der Waals surface area contributed by atoms with Gasteiger partial charge >= 0.3 is 11.4 Å². The highest BCUT2D eigenvalue weighted by Gasteiger charge is 2.32. The Hall–Kier alpha value is -4.63. The number of nitro benzene ring substituents is 3. The number of hydrogen-bond donors (Lipinski definition) is 2. The van der Waals surface area contributed by atoms with Crippen LogP contribution in [0.5, 0.6) is 0 Å². The summed E-state index contributed by atoms with van der Waals surface area (Å²) in [5.74, 6) is -0.648. The Morgan fingerprint density at radius 2 is 1.29 bits per heavy atom. The van der Waals surface area contributed by atoms with Crippen molar-refractivity contribution in [2.45, 2.75) is 12.7 Å². The first-order chi connectivity index (χ1) is 16.4. The average molecular weight is 503 g/mol. The normalized spacial score (nSPS) is 11.0. The summed E-state index contributed by atoms with van der Waals surface area (Å²) < 4.78 is 31.3. The van der Waals surface area contributed by atoms with Crippen LogP contribution in [0.2, 0.25) is 0 Å². The first kappa shape index (κ1) is 25.0. The highest BCUT2D eigenvalue weighted by atomic mass is 32.2. The number of benzene rings is 3. The molecule has 0 radical (unpaired) electrons. The van der Waals surface area contributed by atoms with Crippen molar-refractivity contribution in [3.63, 3.8) is 0 Å². The predicted molar refractivity (Wildman–Crippen MR) is 125 cm³/mol. The maximum Gasteiger partial charge on any atom is 0.308 e. The van der Waals surface area contributed by atoms with E-state index in [1.807, 2.05) is 6.92 Å². The number of hydrogen-bond acceptors (Lipinski definition) is 10. The van der Waals surface area contributed by atoms with Crippen LogP contribution in [0.3, 0.4) is 0 Å². The summed E-state index contributed by atoms with van der Waals surface area (Å²) in [5, 5.41) is 35.8. The van der Waals surface area contributed by atoms with Gasteiger partial charge in [-0.3, -0.25) is 45.3 Å². The molecule has 35 heavy (non-hydrogen) atoms. The van der Waals surface area contributed by atoms with Gasteiger partial charge in [-0.15, -0.1) is 0 Å². The quantitative estimate of drug-likeness (QED) is 0.240. The standard InChI is InChI=1S/C20H17N5O9S/c1-13-2-6-15(7-3-13)22(16-8-4-14(5-9-16)12-35(32,33)34)21-20-18(24(28)29)10-17(23(26)27)11-19(20)25(30)31/h2-11,21H,12H2,1H3,(H,32,33,34). The molecule has 0 spiro atoms. The number of anilines is 3.